The first-order valence-electron chi connectivity index (χ1n) is 28.7. The van der Waals surface area contributed by atoms with Gasteiger partial charge in [-0.15, -0.1) is 0 Å². The van der Waals surface area contributed by atoms with E-state index in [4.69, 9.17) is 0 Å². The molecule has 0 atom stereocenters. The molecule has 0 aliphatic heterocycles. The summed E-state index contributed by atoms with van der Waals surface area (Å²) in [7, 11) is 0. The summed E-state index contributed by atoms with van der Waals surface area (Å²) in [4.78, 5) is 5.07. The second-order valence-electron chi connectivity index (χ2n) is 21.8. The van der Waals surface area contributed by atoms with E-state index in [-0.39, 0.29) is 0 Å². The van der Waals surface area contributed by atoms with Gasteiger partial charge in [0.25, 0.3) is 0 Å². The van der Waals surface area contributed by atoms with Crippen LogP contribution >= 0.6 is 0 Å². The van der Waals surface area contributed by atoms with Crippen molar-refractivity contribution >= 4 is 55.7 Å². The van der Waals surface area contributed by atoms with E-state index in [0.29, 0.717) is 0 Å². The van der Waals surface area contributed by atoms with E-state index in [2.05, 4.69) is 337 Å². The number of hydrogen-bond acceptors (Lipinski definition) is 2. The van der Waals surface area contributed by atoms with Crippen molar-refractivity contribution in [3.8, 4) is 66.8 Å². The van der Waals surface area contributed by atoms with Crippen LogP contribution in [0, 0.1) is 0 Å². The molecule has 14 aromatic rings. The first kappa shape index (κ1) is 48.1. The Labute approximate surface area is 484 Å². The third-order valence-corrected chi connectivity index (χ3v) is 17.4. The molecule has 1 spiro atoms. The fourth-order valence-electron chi connectivity index (χ4n) is 13.9. The SMILES string of the molecule is c1ccc(-c2ccc(N(c3ccccc3)c3cc4c(c5ccccc35)-c3c(cc(N(c5ccccc5)c5ccc(-c6ccccc6)cc5-c5ccccc5)c5ccccc35)C43c4ccccc4-c4ccccc43)c(-c3ccccc3)c2)cc1. The van der Waals surface area contributed by atoms with Gasteiger partial charge in [-0.25, -0.2) is 0 Å². The van der Waals surface area contributed by atoms with Crippen LogP contribution in [-0.4, -0.2) is 0 Å². The number of nitrogens with zero attached hydrogens (tertiary/aromatic N) is 2. The van der Waals surface area contributed by atoms with E-state index < -0.39 is 5.41 Å². The fourth-order valence-corrected chi connectivity index (χ4v) is 13.9. The lowest BCUT2D eigenvalue weighted by molar-refractivity contribution is 0.795. The van der Waals surface area contributed by atoms with Gasteiger partial charge in [-0.05, 0) is 149 Å². The van der Waals surface area contributed by atoms with E-state index in [1.54, 1.807) is 0 Å². The lowest BCUT2D eigenvalue weighted by atomic mass is 9.70. The summed E-state index contributed by atoms with van der Waals surface area (Å²) in [5.41, 5.74) is 25.4. The molecule has 2 heteroatoms. The van der Waals surface area contributed by atoms with Crippen LogP contribution in [0.1, 0.15) is 22.3 Å². The van der Waals surface area contributed by atoms with Crippen LogP contribution in [0.4, 0.5) is 34.1 Å². The number of hydrogen-bond donors (Lipinski definition) is 0. The van der Waals surface area contributed by atoms with Crippen molar-refractivity contribution in [2.75, 3.05) is 9.80 Å². The van der Waals surface area contributed by atoms with Crippen molar-refractivity contribution in [1.82, 2.24) is 0 Å². The quantitative estimate of drug-likeness (QED) is 0.135. The summed E-state index contributed by atoms with van der Waals surface area (Å²) in [6.45, 7) is 0. The van der Waals surface area contributed by atoms with Crippen LogP contribution in [0.25, 0.3) is 88.3 Å². The standard InChI is InChI=1S/C81H54N2/c1-7-27-55(28-8-1)59-47-49-75(69(51-59)57-31-11-3-12-32-57)82(61-35-15-5-16-36-61)77-53-73-79(67-43-21-19-41-65(67)77)80-68-44-22-20-42-66(68)78(54-74(80)81(73)71-45-25-23-39-63(71)64-40-24-26-46-72(64)81)83(62-37-17-6-18-38-62)76-50-48-60(56-29-9-2-10-30-56)52-70(76)58-33-13-4-14-34-58/h1-54H. The van der Waals surface area contributed by atoms with Crippen molar-refractivity contribution in [3.63, 3.8) is 0 Å². The first-order valence-corrected chi connectivity index (χ1v) is 28.7. The number of fused-ring (bicyclic) bond motifs is 14. The zero-order chi connectivity index (χ0) is 54.8. The highest BCUT2D eigenvalue weighted by Gasteiger charge is 2.53. The van der Waals surface area contributed by atoms with Gasteiger partial charge in [-0.2, -0.15) is 0 Å². The van der Waals surface area contributed by atoms with Gasteiger partial charge < -0.3 is 9.80 Å². The Morgan fingerprint density at radius 2 is 0.506 bits per heavy atom. The minimum absolute atomic E-state index is 0.737. The minimum Gasteiger partial charge on any atom is -0.309 e. The Hall–Kier alpha value is -10.8. The Kier molecular flexibility index (Phi) is 11.5. The average Bonchev–Trinajstić information content (AvgIpc) is 1.94. The van der Waals surface area contributed by atoms with Crippen molar-refractivity contribution in [2.24, 2.45) is 0 Å². The molecule has 83 heavy (non-hydrogen) atoms. The molecule has 0 N–H and O–H groups in total. The lowest BCUT2D eigenvalue weighted by Crippen LogP contribution is -2.27. The van der Waals surface area contributed by atoms with Gasteiger partial charge in [-0.3, -0.25) is 0 Å². The second-order valence-corrected chi connectivity index (χ2v) is 21.8. The number of para-hydroxylation sites is 2. The van der Waals surface area contributed by atoms with Crippen LogP contribution in [0.5, 0.6) is 0 Å². The van der Waals surface area contributed by atoms with Gasteiger partial charge >= 0.3 is 0 Å². The molecule has 2 nitrogen and oxygen atoms in total. The minimum atomic E-state index is -0.737. The third-order valence-electron chi connectivity index (χ3n) is 17.4. The summed E-state index contributed by atoms with van der Waals surface area (Å²) in [5, 5.41) is 4.77. The highest BCUT2D eigenvalue weighted by atomic mass is 15.2. The molecule has 16 rings (SSSR count). The van der Waals surface area contributed by atoms with Gasteiger partial charge in [0.05, 0.1) is 28.2 Å². The molecule has 2 aliphatic carbocycles. The Morgan fingerprint density at radius 1 is 0.193 bits per heavy atom. The Balaban J connectivity index is 1.03. The Morgan fingerprint density at radius 3 is 0.892 bits per heavy atom. The van der Waals surface area contributed by atoms with E-state index in [9.17, 15) is 0 Å². The van der Waals surface area contributed by atoms with Gasteiger partial charge in [0, 0.05) is 33.3 Å². The number of rotatable bonds is 10. The maximum absolute atomic E-state index is 2.59. The molecule has 0 bridgehead atoms. The number of benzene rings is 14. The van der Waals surface area contributed by atoms with Gasteiger partial charge in [0.2, 0.25) is 0 Å². The summed E-state index contributed by atoms with van der Waals surface area (Å²) in [6.07, 6.45) is 0. The molecule has 0 aromatic heterocycles. The molecule has 0 saturated carbocycles. The van der Waals surface area contributed by atoms with E-state index in [1.165, 1.54) is 88.3 Å². The van der Waals surface area contributed by atoms with E-state index in [0.717, 1.165) is 56.4 Å². The smallest absolute Gasteiger partial charge is 0.0727 e. The van der Waals surface area contributed by atoms with Gasteiger partial charge in [0.15, 0.2) is 0 Å². The molecular weight excluding hydrogens is 1000 g/mol. The van der Waals surface area contributed by atoms with Crippen molar-refractivity contribution in [3.05, 3.63) is 350 Å². The van der Waals surface area contributed by atoms with Gasteiger partial charge in [-0.1, -0.05) is 267 Å². The zero-order valence-corrected chi connectivity index (χ0v) is 45.6. The van der Waals surface area contributed by atoms with Crippen molar-refractivity contribution in [1.29, 1.82) is 0 Å². The van der Waals surface area contributed by atoms with Crippen molar-refractivity contribution < 1.29 is 0 Å². The van der Waals surface area contributed by atoms with Crippen LogP contribution < -0.4 is 9.80 Å². The van der Waals surface area contributed by atoms with Gasteiger partial charge in [0.1, 0.15) is 0 Å². The molecule has 0 amide bonds. The monoisotopic (exact) mass is 1050 g/mol. The van der Waals surface area contributed by atoms with Crippen LogP contribution in [-0.2, 0) is 5.41 Å². The van der Waals surface area contributed by atoms with Crippen LogP contribution in [0.3, 0.4) is 0 Å². The molecule has 0 unspecified atom stereocenters. The molecule has 2 aliphatic rings. The fraction of sp³-hybridized carbons (Fsp3) is 0.0123. The summed E-state index contributed by atoms with van der Waals surface area (Å²) >= 11 is 0. The Bertz CT molecular complexity index is 4460. The van der Waals surface area contributed by atoms with Crippen LogP contribution in [0.15, 0.2) is 328 Å². The van der Waals surface area contributed by atoms with E-state index >= 15 is 0 Å². The highest BCUT2D eigenvalue weighted by Crippen LogP contribution is 2.67. The molecular formula is C81H54N2. The predicted octanol–water partition coefficient (Wildman–Crippen LogP) is 21.9. The number of anilines is 6. The summed E-state index contributed by atoms with van der Waals surface area (Å²) in [6, 6.07) is 121. The average molecular weight is 1060 g/mol. The maximum atomic E-state index is 2.59. The largest absolute Gasteiger partial charge is 0.309 e. The molecule has 388 valence electrons. The highest BCUT2D eigenvalue weighted by molar-refractivity contribution is 6.20. The molecule has 0 saturated heterocycles. The summed E-state index contributed by atoms with van der Waals surface area (Å²) < 4.78 is 0. The van der Waals surface area contributed by atoms with Crippen LogP contribution in [0.2, 0.25) is 0 Å². The van der Waals surface area contributed by atoms with Crippen molar-refractivity contribution in [2.45, 2.75) is 5.41 Å². The molecule has 0 heterocycles. The lowest BCUT2D eigenvalue weighted by Gasteiger charge is -2.35. The zero-order valence-electron chi connectivity index (χ0n) is 45.6. The molecule has 0 fully saturated rings. The summed E-state index contributed by atoms with van der Waals surface area (Å²) in [5.74, 6) is 0. The first-order chi connectivity index (χ1) is 41.2. The normalized spacial score (nSPS) is 12.4. The van der Waals surface area contributed by atoms with E-state index in [1.807, 2.05) is 0 Å². The maximum Gasteiger partial charge on any atom is 0.0727 e. The topological polar surface area (TPSA) is 6.48 Å². The predicted molar refractivity (Wildman–Crippen MR) is 349 cm³/mol. The third kappa shape index (κ3) is 7.64. The molecule has 0 radical (unpaired) electrons. The second kappa shape index (κ2) is 19.8. The molecule has 14 aromatic carbocycles.